The van der Waals surface area contributed by atoms with Gasteiger partial charge in [0.25, 0.3) is 11.5 Å². The molecule has 1 amide bonds. The van der Waals surface area contributed by atoms with E-state index in [2.05, 4.69) is 24.3 Å². The second-order valence-electron chi connectivity index (χ2n) is 10.3. The molecule has 0 aromatic carbocycles. The Morgan fingerprint density at radius 1 is 1.10 bits per heavy atom. The van der Waals surface area contributed by atoms with Gasteiger partial charge in [-0.2, -0.15) is 0 Å². The number of amides is 1. The Kier molecular flexibility index (Phi) is 5.88. The van der Waals surface area contributed by atoms with Gasteiger partial charge < -0.3 is 9.84 Å². The van der Waals surface area contributed by atoms with Crippen LogP contribution in [0.25, 0.3) is 0 Å². The highest BCUT2D eigenvalue weighted by Gasteiger charge is 2.32. The van der Waals surface area contributed by atoms with E-state index in [1.54, 1.807) is 0 Å². The third-order valence-electron chi connectivity index (χ3n) is 7.64. The summed E-state index contributed by atoms with van der Waals surface area (Å²) >= 11 is 0. The van der Waals surface area contributed by atoms with E-state index in [-0.39, 0.29) is 23.2 Å². The lowest BCUT2D eigenvalue weighted by Gasteiger charge is -2.33. The molecule has 1 N–H and O–H groups in total. The van der Waals surface area contributed by atoms with Crippen LogP contribution in [0.2, 0.25) is 0 Å². The maximum absolute atomic E-state index is 13.2. The highest BCUT2D eigenvalue weighted by Crippen LogP contribution is 2.43. The van der Waals surface area contributed by atoms with Crippen LogP contribution in [-0.4, -0.2) is 20.4 Å². The average Bonchev–Trinajstić information content (AvgIpc) is 3.22. The lowest BCUT2D eigenvalue weighted by molar-refractivity contribution is 0.101. The molecule has 170 valence electrons. The molecule has 2 aromatic rings. The normalized spacial score (nSPS) is 20.2. The van der Waals surface area contributed by atoms with Gasteiger partial charge in [-0.05, 0) is 57.8 Å². The number of anilines is 1. The van der Waals surface area contributed by atoms with Gasteiger partial charge in [0, 0.05) is 18.5 Å². The second-order valence-corrected chi connectivity index (χ2v) is 10.3. The van der Waals surface area contributed by atoms with Crippen LogP contribution in [0, 0.1) is 19.3 Å². The standard InChI is InChI=1S/C24H36N4O3/c1-15-19(26-31-21(15)17-11-13-24(3,4)14-12-17)22(29)25-20-16(2)27(5)28(23(20)30)18-9-7-6-8-10-18/h17-18H,6-14H2,1-5H3,(H,25,29). The molecule has 2 aromatic heterocycles. The van der Waals surface area contributed by atoms with Crippen LogP contribution in [0.1, 0.15) is 111 Å². The van der Waals surface area contributed by atoms with Crippen LogP contribution in [-0.2, 0) is 7.05 Å². The highest BCUT2D eigenvalue weighted by atomic mass is 16.5. The first-order valence-electron chi connectivity index (χ1n) is 11.7. The van der Waals surface area contributed by atoms with Crippen molar-refractivity contribution < 1.29 is 9.32 Å². The van der Waals surface area contributed by atoms with Gasteiger partial charge in [0.05, 0.1) is 11.7 Å². The minimum atomic E-state index is -0.370. The van der Waals surface area contributed by atoms with Gasteiger partial charge in [-0.15, -0.1) is 0 Å². The van der Waals surface area contributed by atoms with E-state index in [1.807, 2.05) is 30.3 Å². The zero-order valence-electron chi connectivity index (χ0n) is 19.6. The largest absolute Gasteiger partial charge is 0.360 e. The van der Waals surface area contributed by atoms with Gasteiger partial charge in [0.2, 0.25) is 0 Å². The van der Waals surface area contributed by atoms with Crippen molar-refractivity contribution in [1.82, 2.24) is 14.5 Å². The molecular formula is C24H36N4O3. The first kappa shape index (κ1) is 21.9. The maximum Gasteiger partial charge on any atom is 0.291 e. The van der Waals surface area contributed by atoms with Crippen LogP contribution in [0.5, 0.6) is 0 Å². The minimum absolute atomic E-state index is 0.129. The van der Waals surface area contributed by atoms with Crippen LogP contribution in [0.4, 0.5) is 5.69 Å². The number of rotatable bonds is 4. The lowest BCUT2D eigenvalue weighted by Crippen LogP contribution is -2.29. The van der Waals surface area contributed by atoms with E-state index in [9.17, 15) is 9.59 Å². The maximum atomic E-state index is 13.2. The first-order valence-corrected chi connectivity index (χ1v) is 11.7. The summed E-state index contributed by atoms with van der Waals surface area (Å²) in [5, 5.41) is 6.95. The molecule has 2 saturated carbocycles. The molecule has 0 bridgehead atoms. The monoisotopic (exact) mass is 428 g/mol. The fourth-order valence-corrected chi connectivity index (χ4v) is 5.38. The molecule has 0 spiro atoms. The van der Waals surface area contributed by atoms with Crippen molar-refractivity contribution in [3.63, 3.8) is 0 Å². The molecule has 0 radical (unpaired) electrons. The molecule has 7 heteroatoms. The van der Waals surface area contributed by atoms with Gasteiger partial charge in [0.1, 0.15) is 11.4 Å². The van der Waals surface area contributed by atoms with Crippen molar-refractivity contribution in [1.29, 1.82) is 0 Å². The zero-order valence-corrected chi connectivity index (χ0v) is 19.6. The zero-order chi connectivity index (χ0) is 22.3. The van der Waals surface area contributed by atoms with Crippen molar-refractivity contribution in [2.75, 3.05) is 5.32 Å². The molecular weight excluding hydrogens is 392 g/mol. The Morgan fingerprint density at radius 3 is 2.39 bits per heavy atom. The number of carbonyl (C=O) groups is 1. The van der Waals surface area contributed by atoms with Crippen LogP contribution < -0.4 is 10.9 Å². The Morgan fingerprint density at radius 2 is 1.74 bits per heavy atom. The molecule has 0 atom stereocenters. The topological polar surface area (TPSA) is 82.1 Å². The summed E-state index contributed by atoms with van der Waals surface area (Å²) in [6.45, 7) is 8.38. The number of nitrogens with zero attached hydrogens (tertiary/aromatic N) is 3. The molecule has 7 nitrogen and oxygen atoms in total. The third-order valence-corrected chi connectivity index (χ3v) is 7.64. The van der Waals surface area contributed by atoms with Gasteiger partial charge in [-0.3, -0.25) is 14.3 Å². The van der Waals surface area contributed by atoms with E-state index in [0.717, 1.165) is 68.4 Å². The average molecular weight is 429 g/mol. The minimum Gasteiger partial charge on any atom is -0.360 e. The fourth-order valence-electron chi connectivity index (χ4n) is 5.38. The van der Waals surface area contributed by atoms with Gasteiger partial charge >= 0.3 is 0 Å². The summed E-state index contributed by atoms with van der Waals surface area (Å²) in [5.74, 6) is 0.763. The SMILES string of the molecule is Cc1c(C(=O)Nc2c(C)n(C)n(C3CCCCC3)c2=O)noc1C1CCC(C)(C)CC1. The van der Waals surface area contributed by atoms with Crippen LogP contribution >= 0.6 is 0 Å². The summed E-state index contributed by atoms with van der Waals surface area (Å²) in [5.41, 5.74) is 2.43. The van der Waals surface area contributed by atoms with Crippen molar-refractivity contribution >= 4 is 11.6 Å². The number of carbonyl (C=O) groups excluding carboxylic acids is 1. The van der Waals surface area contributed by atoms with E-state index in [4.69, 9.17) is 4.52 Å². The number of nitrogens with one attached hydrogen (secondary N) is 1. The molecule has 2 aliphatic rings. The molecule has 0 unspecified atom stereocenters. The van der Waals surface area contributed by atoms with Gasteiger partial charge in [-0.1, -0.05) is 38.3 Å². The number of hydrogen-bond acceptors (Lipinski definition) is 4. The Hall–Kier alpha value is -2.31. The quantitative estimate of drug-likeness (QED) is 0.722. The second kappa shape index (κ2) is 8.32. The summed E-state index contributed by atoms with van der Waals surface area (Å²) in [4.78, 5) is 26.2. The summed E-state index contributed by atoms with van der Waals surface area (Å²) in [7, 11) is 1.89. The molecule has 0 aliphatic heterocycles. The molecule has 2 aliphatic carbocycles. The Bertz CT molecular complexity index is 1010. The summed E-state index contributed by atoms with van der Waals surface area (Å²) in [6.07, 6.45) is 9.91. The third kappa shape index (κ3) is 4.11. The van der Waals surface area contributed by atoms with Gasteiger partial charge in [-0.25, -0.2) is 4.68 Å². The van der Waals surface area contributed by atoms with Crippen molar-refractivity contribution in [2.45, 2.75) is 97.4 Å². The predicted octanol–water partition coefficient (Wildman–Crippen LogP) is 5.23. The van der Waals surface area contributed by atoms with Crippen molar-refractivity contribution in [3.8, 4) is 0 Å². The summed E-state index contributed by atoms with van der Waals surface area (Å²) in [6, 6.07) is 0.201. The van der Waals surface area contributed by atoms with E-state index >= 15 is 0 Å². The number of hydrogen-bond donors (Lipinski definition) is 1. The fraction of sp³-hybridized carbons (Fsp3) is 0.708. The Balaban J connectivity index is 1.54. The number of aromatic nitrogens is 3. The van der Waals surface area contributed by atoms with Crippen molar-refractivity contribution in [2.24, 2.45) is 12.5 Å². The highest BCUT2D eigenvalue weighted by molar-refractivity contribution is 6.04. The predicted molar refractivity (Wildman–Crippen MR) is 121 cm³/mol. The molecule has 2 fully saturated rings. The smallest absolute Gasteiger partial charge is 0.291 e. The molecule has 4 rings (SSSR count). The molecule has 31 heavy (non-hydrogen) atoms. The van der Waals surface area contributed by atoms with E-state index < -0.39 is 0 Å². The Labute approximate surface area is 184 Å². The van der Waals surface area contributed by atoms with E-state index in [1.165, 1.54) is 6.42 Å². The molecule has 0 saturated heterocycles. The molecule has 2 heterocycles. The first-order chi connectivity index (χ1) is 14.7. The lowest BCUT2D eigenvalue weighted by atomic mass is 9.72. The van der Waals surface area contributed by atoms with E-state index in [0.29, 0.717) is 17.0 Å². The van der Waals surface area contributed by atoms with Crippen LogP contribution in [0.3, 0.4) is 0 Å². The van der Waals surface area contributed by atoms with Gasteiger partial charge in [0.15, 0.2) is 5.69 Å². The van der Waals surface area contributed by atoms with Crippen molar-refractivity contribution in [3.05, 3.63) is 33.1 Å². The summed E-state index contributed by atoms with van der Waals surface area (Å²) < 4.78 is 9.35. The van der Waals surface area contributed by atoms with Crippen LogP contribution in [0.15, 0.2) is 9.32 Å².